The van der Waals surface area contributed by atoms with E-state index in [2.05, 4.69) is 15.5 Å². The lowest BCUT2D eigenvalue weighted by Crippen LogP contribution is -2.47. The summed E-state index contributed by atoms with van der Waals surface area (Å²) < 4.78 is 27.5. The largest absolute Gasteiger partial charge is 0.353 e. The predicted molar refractivity (Wildman–Crippen MR) is 125 cm³/mol. The molecule has 3 rings (SSSR count). The van der Waals surface area contributed by atoms with E-state index >= 15 is 0 Å². The standard InChI is InChI=1S/C23H36N4O4S/c1-17(2)23(29)24-19-9-13-26(14-10-19)16-22(28)25-21-15-20(8-7-18(21)3)32(30,31)27-11-5-4-6-12-27/h7-8,15,17,19H,4-6,9-14,16H2,1-3H3,(H,24,29)(H,25,28). The SMILES string of the molecule is Cc1ccc(S(=O)(=O)N2CCCCC2)cc1NC(=O)CN1CCC(NC(=O)C(C)C)CC1. The smallest absolute Gasteiger partial charge is 0.243 e. The predicted octanol–water partition coefficient (Wildman–Crippen LogP) is 2.34. The molecule has 0 aromatic heterocycles. The molecule has 2 heterocycles. The molecule has 0 saturated carbocycles. The Bertz CT molecular complexity index is 918. The van der Waals surface area contributed by atoms with Crippen molar-refractivity contribution in [2.24, 2.45) is 5.92 Å². The van der Waals surface area contributed by atoms with E-state index in [1.165, 1.54) is 4.31 Å². The number of hydrogen-bond donors (Lipinski definition) is 2. The highest BCUT2D eigenvalue weighted by molar-refractivity contribution is 7.89. The van der Waals surface area contributed by atoms with Gasteiger partial charge in [0.15, 0.2) is 0 Å². The summed E-state index contributed by atoms with van der Waals surface area (Å²) in [6, 6.07) is 5.09. The second kappa shape index (κ2) is 10.8. The van der Waals surface area contributed by atoms with Crippen molar-refractivity contribution in [1.82, 2.24) is 14.5 Å². The number of benzene rings is 1. The molecule has 0 spiro atoms. The van der Waals surface area contributed by atoms with Gasteiger partial charge in [-0.2, -0.15) is 4.31 Å². The first-order valence-corrected chi connectivity index (χ1v) is 13.0. The summed E-state index contributed by atoms with van der Waals surface area (Å²) in [6.07, 6.45) is 4.45. The van der Waals surface area contributed by atoms with Crippen LogP contribution >= 0.6 is 0 Å². The van der Waals surface area contributed by atoms with E-state index in [-0.39, 0.29) is 35.2 Å². The van der Waals surface area contributed by atoms with Gasteiger partial charge in [0.1, 0.15) is 0 Å². The van der Waals surface area contributed by atoms with Gasteiger partial charge in [0.2, 0.25) is 21.8 Å². The number of amides is 2. The van der Waals surface area contributed by atoms with E-state index in [9.17, 15) is 18.0 Å². The van der Waals surface area contributed by atoms with Gasteiger partial charge in [0.25, 0.3) is 0 Å². The van der Waals surface area contributed by atoms with E-state index < -0.39 is 10.0 Å². The third-order valence-corrected chi connectivity index (χ3v) is 8.16. The van der Waals surface area contributed by atoms with Crippen LogP contribution in [0.1, 0.15) is 51.5 Å². The van der Waals surface area contributed by atoms with Gasteiger partial charge in [0.05, 0.1) is 11.4 Å². The zero-order chi connectivity index (χ0) is 23.3. The molecule has 0 bridgehead atoms. The maximum absolute atomic E-state index is 13.0. The number of anilines is 1. The fraction of sp³-hybridized carbons (Fsp3) is 0.652. The van der Waals surface area contributed by atoms with Crippen LogP contribution in [0.25, 0.3) is 0 Å². The number of sulfonamides is 1. The summed E-state index contributed by atoms with van der Waals surface area (Å²) in [5.74, 6) is -0.127. The van der Waals surface area contributed by atoms with Crippen molar-refractivity contribution in [1.29, 1.82) is 0 Å². The zero-order valence-corrected chi connectivity index (χ0v) is 20.2. The van der Waals surface area contributed by atoms with Crippen molar-refractivity contribution in [2.45, 2.75) is 63.8 Å². The molecule has 2 aliphatic rings. The molecule has 2 N–H and O–H groups in total. The molecule has 1 aromatic rings. The third kappa shape index (κ3) is 6.30. The van der Waals surface area contributed by atoms with E-state index in [1.807, 2.05) is 20.8 Å². The Hall–Kier alpha value is -1.97. The van der Waals surface area contributed by atoms with Crippen molar-refractivity contribution in [3.8, 4) is 0 Å². The molecular formula is C23H36N4O4S. The maximum Gasteiger partial charge on any atom is 0.243 e. The van der Waals surface area contributed by atoms with Crippen molar-refractivity contribution in [3.63, 3.8) is 0 Å². The van der Waals surface area contributed by atoms with Crippen LogP contribution in [-0.2, 0) is 19.6 Å². The Labute approximate surface area is 191 Å². The molecule has 0 aliphatic carbocycles. The van der Waals surface area contributed by atoms with Crippen LogP contribution in [0.5, 0.6) is 0 Å². The Morgan fingerprint density at radius 1 is 1.06 bits per heavy atom. The maximum atomic E-state index is 13.0. The van der Waals surface area contributed by atoms with Crippen LogP contribution in [0, 0.1) is 12.8 Å². The van der Waals surface area contributed by atoms with Gasteiger partial charge in [-0.25, -0.2) is 8.42 Å². The minimum absolute atomic E-state index is 0.0310. The van der Waals surface area contributed by atoms with E-state index in [0.29, 0.717) is 18.8 Å². The summed E-state index contributed by atoms with van der Waals surface area (Å²) in [7, 11) is -3.55. The molecule has 1 aromatic carbocycles. The van der Waals surface area contributed by atoms with Crippen LogP contribution in [0.3, 0.4) is 0 Å². The molecule has 2 aliphatic heterocycles. The van der Waals surface area contributed by atoms with Gasteiger partial charge in [0, 0.05) is 43.8 Å². The Morgan fingerprint density at radius 2 is 1.72 bits per heavy atom. The van der Waals surface area contributed by atoms with E-state index in [4.69, 9.17) is 0 Å². The molecule has 9 heteroatoms. The highest BCUT2D eigenvalue weighted by Crippen LogP contribution is 2.25. The highest BCUT2D eigenvalue weighted by atomic mass is 32.2. The second-order valence-electron chi connectivity index (χ2n) is 9.20. The third-order valence-electron chi connectivity index (χ3n) is 6.26. The van der Waals surface area contributed by atoms with Gasteiger partial charge in [-0.3, -0.25) is 14.5 Å². The summed E-state index contributed by atoms with van der Waals surface area (Å²) >= 11 is 0. The number of likely N-dealkylation sites (tertiary alicyclic amines) is 1. The minimum atomic E-state index is -3.55. The van der Waals surface area contributed by atoms with Gasteiger partial charge in [-0.1, -0.05) is 26.3 Å². The van der Waals surface area contributed by atoms with Gasteiger partial charge < -0.3 is 10.6 Å². The minimum Gasteiger partial charge on any atom is -0.353 e. The highest BCUT2D eigenvalue weighted by Gasteiger charge is 2.27. The first-order chi connectivity index (χ1) is 15.2. The second-order valence-corrected chi connectivity index (χ2v) is 11.1. The quantitative estimate of drug-likeness (QED) is 0.645. The normalized spacial score (nSPS) is 19.1. The summed E-state index contributed by atoms with van der Waals surface area (Å²) in [4.78, 5) is 26.8. The average Bonchev–Trinajstić information content (AvgIpc) is 2.77. The van der Waals surface area contributed by atoms with Crippen LogP contribution in [0.2, 0.25) is 0 Å². The Kier molecular flexibility index (Phi) is 8.30. The monoisotopic (exact) mass is 464 g/mol. The summed E-state index contributed by atoms with van der Waals surface area (Å²) in [6.45, 7) is 8.42. The number of nitrogens with one attached hydrogen (secondary N) is 2. The molecule has 2 amide bonds. The fourth-order valence-electron chi connectivity index (χ4n) is 4.15. The zero-order valence-electron chi connectivity index (χ0n) is 19.4. The number of aryl methyl sites for hydroxylation is 1. The van der Waals surface area contributed by atoms with Crippen LogP contribution in [0.15, 0.2) is 23.1 Å². The number of carbonyl (C=O) groups is 2. The molecule has 0 atom stereocenters. The Morgan fingerprint density at radius 3 is 2.34 bits per heavy atom. The lowest BCUT2D eigenvalue weighted by atomic mass is 10.0. The molecule has 2 saturated heterocycles. The van der Waals surface area contributed by atoms with Crippen LogP contribution in [0.4, 0.5) is 5.69 Å². The molecule has 0 radical (unpaired) electrons. The lowest BCUT2D eigenvalue weighted by Gasteiger charge is -2.32. The van der Waals surface area contributed by atoms with Crippen molar-refractivity contribution < 1.29 is 18.0 Å². The van der Waals surface area contributed by atoms with Crippen LogP contribution < -0.4 is 10.6 Å². The number of hydrogen-bond acceptors (Lipinski definition) is 5. The number of piperidine rings is 2. The molecule has 32 heavy (non-hydrogen) atoms. The number of nitrogens with zero attached hydrogens (tertiary/aromatic N) is 2. The number of carbonyl (C=O) groups excluding carboxylic acids is 2. The molecule has 178 valence electrons. The van der Waals surface area contributed by atoms with Crippen molar-refractivity contribution in [3.05, 3.63) is 23.8 Å². The van der Waals surface area contributed by atoms with E-state index in [0.717, 1.165) is 50.8 Å². The van der Waals surface area contributed by atoms with Crippen molar-refractivity contribution >= 4 is 27.5 Å². The molecule has 8 nitrogen and oxygen atoms in total. The summed E-state index contributed by atoms with van der Waals surface area (Å²) in [5.41, 5.74) is 1.36. The van der Waals surface area contributed by atoms with Gasteiger partial charge in [-0.05, 0) is 50.3 Å². The van der Waals surface area contributed by atoms with Gasteiger partial charge >= 0.3 is 0 Å². The molecule has 0 unspecified atom stereocenters. The topological polar surface area (TPSA) is 98.8 Å². The van der Waals surface area contributed by atoms with E-state index in [1.54, 1.807) is 18.2 Å². The molecule has 2 fully saturated rings. The molecular weight excluding hydrogens is 428 g/mol. The number of rotatable bonds is 7. The van der Waals surface area contributed by atoms with Crippen LogP contribution in [-0.4, -0.2) is 68.2 Å². The first-order valence-electron chi connectivity index (χ1n) is 11.6. The summed E-state index contributed by atoms with van der Waals surface area (Å²) in [5, 5.41) is 5.96. The first kappa shape index (κ1) is 24.7. The average molecular weight is 465 g/mol. The lowest BCUT2D eigenvalue weighted by molar-refractivity contribution is -0.125. The Balaban J connectivity index is 1.56. The fourth-order valence-corrected chi connectivity index (χ4v) is 5.69. The van der Waals surface area contributed by atoms with Gasteiger partial charge in [-0.15, -0.1) is 0 Å². The van der Waals surface area contributed by atoms with Crippen molar-refractivity contribution in [2.75, 3.05) is 38.0 Å².